The number of piperidine rings is 1. The predicted molar refractivity (Wildman–Crippen MR) is 125 cm³/mol. The van der Waals surface area contributed by atoms with Crippen molar-refractivity contribution < 1.29 is 22.5 Å². The summed E-state index contributed by atoms with van der Waals surface area (Å²) in [6, 6.07) is 6.89. The van der Waals surface area contributed by atoms with Gasteiger partial charge in [-0.1, -0.05) is 26.0 Å². The van der Waals surface area contributed by atoms with E-state index in [9.17, 15) is 13.2 Å². The third-order valence-electron chi connectivity index (χ3n) is 8.08. The summed E-state index contributed by atoms with van der Waals surface area (Å²) >= 11 is 0. The van der Waals surface area contributed by atoms with Crippen LogP contribution in [-0.4, -0.2) is 56.4 Å². The monoisotopic (exact) mass is 461 g/mol. The van der Waals surface area contributed by atoms with Crippen LogP contribution < -0.4 is 5.46 Å². The fraction of sp³-hybridized carbons (Fsp3) is 0.708. The normalized spacial score (nSPS) is 25.6. The average Bonchev–Trinajstić information content (AvgIpc) is 3.40. The molecule has 3 aliphatic rings. The number of amides is 1. The van der Waals surface area contributed by atoms with Crippen molar-refractivity contribution in [2.75, 3.05) is 18.8 Å². The molecule has 6 nitrogen and oxygen atoms in total. The largest absolute Gasteiger partial charge is 0.494 e. The van der Waals surface area contributed by atoms with Gasteiger partial charge in [0, 0.05) is 18.5 Å². The van der Waals surface area contributed by atoms with Gasteiger partial charge in [0.25, 0.3) is 0 Å². The first-order chi connectivity index (χ1) is 14.7. The number of hydrogen-bond donors (Lipinski definition) is 0. The fourth-order valence-corrected chi connectivity index (χ4v) is 6.45. The van der Waals surface area contributed by atoms with E-state index in [1.54, 1.807) is 24.3 Å². The summed E-state index contributed by atoms with van der Waals surface area (Å²) in [4.78, 5) is 14.9. The van der Waals surface area contributed by atoms with Crippen LogP contribution >= 0.6 is 0 Å². The summed E-state index contributed by atoms with van der Waals surface area (Å²) < 4.78 is 38.5. The van der Waals surface area contributed by atoms with Crippen molar-refractivity contribution in [2.45, 2.75) is 83.3 Å². The van der Waals surface area contributed by atoms with Gasteiger partial charge in [0.1, 0.15) is 0 Å². The maximum Gasteiger partial charge on any atom is 0.494 e. The van der Waals surface area contributed by atoms with Crippen LogP contribution in [0.1, 0.15) is 67.2 Å². The molecule has 0 radical (unpaired) electrons. The van der Waals surface area contributed by atoms with Crippen LogP contribution in [-0.2, 0) is 23.9 Å². The second kappa shape index (κ2) is 7.57. The first kappa shape index (κ1) is 23.8. The summed E-state index contributed by atoms with van der Waals surface area (Å²) in [5.41, 5.74) is -0.563. The van der Waals surface area contributed by atoms with Gasteiger partial charge in [0.15, 0.2) is 9.84 Å². The maximum atomic E-state index is 13.2. The molecule has 0 atom stereocenters. The van der Waals surface area contributed by atoms with E-state index in [0.29, 0.717) is 30.8 Å². The number of hydrogen-bond acceptors (Lipinski definition) is 5. The molecular formula is C24H36BNO5S. The molecule has 0 N–H and O–H groups in total. The summed E-state index contributed by atoms with van der Waals surface area (Å²) in [5.74, 6) is 0.329. The SMILES string of the molecule is CC1(CS(=O)(=O)c2ccc(B3OC(C)(C)C(C)(C)O3)cc2)CCN(C(=O)C2(C)CC2)CC1. The maximum absolute atomic E-state index is 13.2. The third kappa shape index (κ3) is 4.38. The van der Waals surface area contributed by atoms with Crippen molar-refractivity contribution in [3.05, 3.63) is 24.3 Å². The molecule has 32 heavy (non-hydrogen) atoms. The molecule has 1 aromatic rings. The van der Waals surface area contributed by atoms with Gasteiger partial charge < -0.3 is 14.2 Å². The molecule has 176 valence electrons. The zero-order valence-electron chi connectivity index (χ0n) is 20.2. The van der Waals surface area contributed by atoms with Gasteiger partial charge in [-0.3, -0.25) is 4.79 Å². The summed E-state index contributed by atoms with van der Waals surface area (Å²) in [7, 11) is -3.95. The molecule has 1 aromatic carbocycles. The van der Waals surface area contributed by atoms with E-state index in [0.717, 1.165) is 18.3 Å². The number of rotatable bonds is 5. The highest BCUT2D eigenvalue weighted by atomic mass is 32.2. The number of carbonyl (C=O) groups excluding carboxylic acids is 1. The lowest BCUT2D eigenvalue weighted by atomic mass is 9.79. The molecule has 0 spiro atoms. The number of sulfone groups is 1. The lowest BCUT2D eigenvalue weighted by Gasteiger charge is -2.40. The standard InChI is InChI=1S/C24H36BNO5S/c1-21(2)22(3,4)31-25(30-21)18-7-9-19(10-8-18)32(28,29)17-23(5)13-15-26(16-14-23)20(27)24(6)11-12-24/h7-10H,11-17H2,1-6H3. The topological polar surface area (TPSA) is 72.9 Å². The third-order valence-corrected chi connectivity index (χ3v) is 10.1. The Balaban J connectivity index is 1.40. The zero-order valence-corrected chi connectivity index (χ0v) is 21.0. The van der Waals surface area contributed by atoms with Crippen molar-refractivity contribution in [1.29, 1.82) is 0 Å². The van der Waals surface area contributed by atoms with Gasteiger partial charge in [-0.25, -0.2) is 8.42 Å². The van der Waals surface area contributed by atoms with E-state index in [4.69, 9.17) is 9.31 Å². The molecule has 2 saturated heterocycles. The van der Waals surface area contributed by atoms with Gasteiger partial charge in [-0.05, 0) is 76.4 Å². The van der Waals surface area contributed by atoms with Crippen LogP contribution in [0.2, 0.25) is 0 Å². The van der Waals surface area contributed by atoms with Crippen LogP contribution in [0.25, 0.3) is 0 Å². The van der Waals surface area contributed by atoms with Gasteiger partial charge in [0.05, 0.1) is 21.9 Å². The van der Waals surface area contributed by atoms with Crippen LogP contribution in [0.3, 0.4) is 0 Å². The molecule has 2 aliphatic heterocycles. The van der Waals surface area contributed by atoms with Crippen LogP contribution in [0.4, 0.5) is 0 Å². The Morgan fingerprint density at radius 3 is 1.88 bits per heavy atom. The molecule has 2 heterocycles. The number of nitrogens with zero attached hydrogens (tertiary/aromatic N) is 1. The highest BCUT2D eigenvalue weighted by molar-refractivity contribution is 7.91. The molecule has 1 aliphatic carbocycles. The smallest absolute Gasteiger partial charge is 0.399 e. The van der Waals surface area contributed by atoms with Crippen molar-refractivity contribution in [3.8, 4) is 0 Å². The van der Waals surface area contributed by atoms with E-state index in [2.05, 4.69) is 0 Å². The molecule has 0 aromatic heterocycles. The van der Waals surface area contributed by atoms with E-state index < -0.39 is 28.2 Å². The number of carbonyl (C=O) groups is 1. The van der Waals surface area contributed by atoms with E-state index >= 15 is 0 Å². The molecule has 1 amide bonds. The second-order valence-electron chi connectivity index (χ2n) is 11.6. The Bertz CT molecular complexity index is 974. The molecule has 3 fully saturated rings. The average molecular weight is 461 g/mol. The summed E-state index contributed by atoms with van der Waals surface area (Å²) in [6.07, 6.45) is 3.35. The van der Waals surface area contributed by atoms with Crippen LogP contribution in [0.5, 0.6) is 0 Å². The van der Waals surface area contributed by atoms with Crippen molar-refractivity contribution in [2.24, 2.45) is 10.8 Å². The lowest BCUT2D eigenvalue weighted by molar-refractivity contribution is -0.138. The molecule has 0 unspecified atom stereocenters. The zero-order chi connectivity index (χ0) is 23.6. The van der Waals surface area contributed by atoms with Crippen molar-refractivity contribution in [3.63, 3.8) is 0 Å². The fourth-order valence-electron chi connectivity index (χ4n) is 4.53. The highest BCUT2D eigenvalue weighted by Gasteiger charge is 2.52. The van der Waals surface area contributed by atoms with Crippen LogP contribution in [0.15, 0.2) is 29.2 Å². The van der Waals surface area contributed by atoms with Gasteiger partial charge in [0.2, 0.25) is 5.91 Å². The number of likely N-dealkylation sites (tertiary alicyclic amines) is 1. The number of benzene rings is 1. The summed E-state index contributed by atoms with van der Waals surface area (Å²) in [5, 5.41) is 0. The minimum absolute atomic E-state index is 0.0924. The Kier molecular flexibility index (Phi) is 5.62. The Morgan fingerprint density at radius 2 is 1.41 bits per heavy atom. The predicted octanol–water partition coefficient (Wildman–Crippen LogP) is 3.19. The molecular weight excluding hydrogens is 425 g/mol. The van der Waals surface area contributed by atoms with Gasteiger partial charge >= 0.3 is 7.12 Å². The van der Waals surface area contributed by atoms with Gasteiger partial charge in [-0.2, -0.15) is 0 Å². The Labute approximate surface area is 193 Å². The molecule has 4 rings (SSSR count). The van der Waals surface area contributed by atoms with E-state index in [1.807, 2.05) is 46.4 Å². The second-order valence-corrected chi connectivity index (χ2v) is 13.6. The molecule has 1 saturated carbocycles. The molecule has 0 bridgehead atoms. The molecule has 8 heteroatoms. The lowest BCUT2D eigenvalue weighted by Crippen LogP contribution is -2.46. The highest BCUT2D eigenvalue weighted by Crippen LogP contribution is 2.47. The quantitative estimate of drug-likeness (QED) is 0.630. The Hall–Kier alpha value is -1.38. The Morgan fingerprint density at radius 1 is 0.906 bits per heavy atom. The van der Waals surface area contributed by atoms with Crippen molar-refractivity contribution >= 4 is 28.3 Å². The van der Waals surface area contributed by atoms with Gasteiger partial charge in [-0.15, -0.1) is 0 Å². The first-order valence-corrected chi connectivity index (χ1v) is 13.3. The van der Waals surface area contributed by atoms with E-state index in [1.165, 1.54) is 0 Å². The minimum atomic E-state index is -3.44. The van der Waals surface area contributed by atoms with Crippen LogP contribution in [0, 0.1) is 10.8 Å². The van der Waals surface area contributed by atoms with E-state index in [-0.39, 0.29) is 22.5 Å². The van der Waals surface area contributed by atoms with Crippen molar-refractivity contribution in [1.82, 2.24) is 4.90 Å². The minimum Gasteiger partial charge on any atom is -0.399 e. The summed E-state index contributed by atoms with van der Waals surface area (Å²) in [6.45, 7) is 13.3. The first-order valence-electron chi connectivity index (χ1n) is 11.6.